The predicted molar refractivity (Wildman–Crippen MR) is 20.8 cm³/mol. The summed E-state index contributed by atoms with van der Waals surface area (Å²) in [4.78, 5) is 0. The number of hydrogen-bond acceptors (Lipinski definition) is 0. The van der Waals surface area contributed by atoms with Gasteiger partial charge in [-0.2, -0.15) is 0 Å². The number of hydrogen-bond donors (Lipinski definition) is 0. The molecule has 6 heavy (non-hydrogen) atoms. The summed E-state index contributed by atoms with van der Waals surface area (Å²) in [5.74, 6) is 0. The van der Waals surface area contributed by atoms with Crippen LogP contribution in [0.15, 0.2) is 24.4 Å². The quantitative estimate of drug-likeness (QED) is 0.396. The second kappa shape index (κ2) is 8.90. The zero-order chi connectivity index (χ0) is 4.12. The van der Waals surface area contributed by atoms with Gasteiger partial charge in [0.15, 0.2) is 0 Å². The second-order valence-corrected chi connectivity index (χ2v) is 0.430. The van der Waals surface area contributed by atoms with Gasteiger partial charge in [-0.1, -0.05) is 5.73 Å². The lowest BCUT2D eigenvalue weighted by Crippen LogP contribution is -1.14. The van der Waals surface area contributed by atoms with Gasteiger partial charge in [0.2, 0.25) is 0 Å². The first-order valence-corrected chi connectivity index (χ1v) is 1.11. The molecule has 0 rings (SSSR count). The first kappa shape index (κ1) is 8.94. The van der Waals surface area contributed by atoms with E-state index in [1.165, 1.54) is 0 Å². The van der Waals surface area contributed by atoms with Crippen LogP contribution in [-0.4, -0.2) is 0 Å². The van der Waals surface area contributed by atoms with Crippen molar-refractivity contribution in [2.75, 3.05) is 0 Å². The minimum atomic E-state index is 0. The summed E-state index contributed by atoms with van der Waals surface area (Å²) in [6.07, 6.45) is 0.257. The van der Waals surface area contributed by atoms with Gasteiger partial charge in [-0.3, -0.25) is 4.70 Å². The summed E-state index contributed by atoms with van der Waals surface area (Å²) < 4.78 is 10.7. The molecule has 0 bridgehead atoms. The van der Waals surface area contributed by atoms with Crippen molar-refractivity contribution in [2.45, 2.75) is 0 Å². The van der Waals surface area contributed by atoms with Gasteiger partial charge in [0.05, 0.1) is 0 Å². The Hall–Kier alpha value is -0.840. The van der Waals surface area contributed by atoms with Gasteiger partial charge in [0.1, 0.15) is 6.33 Å². The van der Waals surface area contributed by atoms with Gasteiger partial charge >= 0.3 is 0 Å². The maximum Gasteiger partial charge on any atom is 0.137 e. The van der Waals surface area contributed by atoms with Crippen molar-refractivity contribution in [3.8, 4) is 0 Å². The van der Waals surface area contributed by atoms with Crippen LogP contribution >= 0.6 is 0 Å². The third-order valence-corrected chi connectivity index (χ3v) is 0.157. The van der Waals surface area contributed by atoms with Gasteiger partial charge in [-0.05, 0) is 12.3 Å². The summed E-state index contributed by atoms with van der Waals surface area (Å²) in [7, 11) is 0. The Bertz CT molecular complexity index is 83.7. The van der Waals surface area contributed by atoms with Crippen LogP contribution in [0.3, 0.4) is 0 Å². The molecule has 0 aromatic rings. The van der Waals surface area contributed by atoms with Gasteiger partial charge in [-0.25, -0.2) is 4.39 Å². The first-order chi connectivity index (χ1) is 2.41. The van der Waals surface area contributed by atoms with Crippen molar-refractivity contribution < 1.29 is 9.09 Å². The molecule has 0 atom stereocenters. The second-order valence-electron chi connectivity index (χ2n) is 0.430. The highest BCUT2D eigenvalue weighted by Crippen LogP contribution is 1.57. The van der Waals surface area contributed by atoms with Crippen LogP contribution in [0.4, 0.5) is 9.09 Å². The standard InChI is InChI=1S/C4H3F.FH/c1-2-3-4-5;/h4H,1H2;1H. The summed E-state index contributed by atoms with van der Waals surface area (Å²) in [5, 5.41) is 0. The van der Waals surface area contributed by atoms with Crippen molar-refractivity contribution in [3.63, 3.8) is 0 Å². The fourth-order valence-corrected chi connectivity index (χ4v) is 0.0386. The molecule has 2 heteroatoms. The van der Waals surface area contributed by atoms with Gasteiger partial charge < -0.3 is 0 Å². The van der Waals surface area contributed by atoms with E-state index in [-0.39, 0.29) is 11.0 Å². The average molecular weight is 90.1 g/mol. The van der Waals surface area contributed by atoms with Crippen LogP contribution in [-0.2, 0) is 0 Å². The molecular formula is C4H4F2. The molecular weight excluding hydrogens is 86.0 g/mol. The first-order valence-electron chi connectivity index (χ1n) is 1.11. The normalized spacial score (nSPS) is 3.50. The summed E-state index contributed by atoms with van der Waals surface area (Å²) in [5.41, 5.74) is 4.05. The molecule has 0 aliphatic rings. The molecule has 0 aromatic heterocycles. The average Bonchev–Trinajstić information content (AvgIpc) is 1.41. The predicted octanol–water partition coefficient (Wildman–Crippen LogP) is 1.56. The van der Waals surface area contributed by atoms with E-state index in [9.17, 15) is 4.39 Å². The van der Waals surface area contributed by atoms with E-state index < -0.39 is 0 Å². The van der Waals surface area contributed by atoms with Crippen molar-refractivity contribution in [2.24, 2.45) is 0 Å². The number of rotatable bonds is 0. The van der Waals surface area contributed by atoms with Crippen molar-refractivity contribution in [3.05, 3.63) is 24.4 Å². The van der Waals surface area contributed by atoms with Crippen LogP contribution in [0.2, 0.25) is 0 Å². The maximum absolute atomic E-state index is 10.7. The van der Waals surface area contributed by atoms with Gasteiger partial charge in [0.25, 0.3) is 0 Å². The van der Waals surface area contributed by atoms with E-state index in [1.54, 1.807) is 0 Å². The Morgan fingerprint density at radius 2 is 2.17 bits per heavy atom. The largest absolute Gasteiger partial charge is 0.269 e. The Kier molecular flexibility index (Phi) is 13.3. The molecule has 0 aliphatic carbocycles. The Morgan fingerprint density at radius 1 is 1.67 bits per heavy atom. The van der Waals surface area contributed by atoms with E-state index in [2.05, 4.69) is 12.3 Å². The lowest BCUT2D eigenvalue weighted by molar-refractivity contribution is 0.723. The highest BCUT2D eigenvalue weighted by atomic mass is 19.1. The Morgan fingerprint density at radius 3 is 2.17 bits per heavy atom. The summed E-state index contributed by atoms with van der Waals surface area (Å²) in [6, 6.07) is 0. The zero-order valence-corrected chi connectivity index (χ0v) is 3.07. The molecule has 0 saturated carbocycles. The van der Waals surface area contributed by atoms with Crippen LogP contribution in [0.5, 0.6) is 0 Å². The van der Waals surface area contributed by atoms with E-state index in [0.717, 1.165) is 0 Å². The topological polar surface area (TPSA) is 0 Å². The third kappa shape index (κ3) is 11.0. The molecule has 0 heterocycles. The molecule has 34 valence electrons. The van der Waals surface area contributed by atoms with E-state index >= 15 is 0 Å². The van der Waals surface area contributed by atoms with Gasteiger partial charge in [0, 0.05) is 0 Å². The molecule has 0 unspecified atom stereocenters. The lowest BCUT2D eigenvalue weighted by Gasteiger charge is -1.37. The molecule has 0 N–H and O–H groups in total. The zero-order valence-electron chi connectivity index (χ0n) is 3.07. The summed E-state index contributed by atoms with van der Waals surface area (Å²) >= 11 is 0. The maximum atomic E-state index is 10.7. The molecule has 0 spiro atoms. The molecule has 0 nitrogen and oxygen atoms in total. The van der Waals surface area contributed by atoms with Gasteiger partial charge in [-0.15, -0.1) is 0 Å². The fraction of sp³-hybridized carbons (Fsp3) is 0. The fourth-order valence-electron chi connectivity index (χ4n) is 0.0386. The van der Waals surface area contributed by atoms with Crippen LogP contribution < -0.4 is 0 Å². The summed E-state index contributed by atoms with van der Waals surface area (Å²) in [6.45, 7) is 3.04. The van der Waals surface area contributed by atoms with E-state index in [1.807, 2.05) is 5.73 Å². The molecule has 0 radical (unpaired) electrons. The Balaban J connectivity index is 0. The molecule has 0 aliphatic heterocycles. The Labute approximate surface area is 34.7 Å². The minimum Gasteiger partial charge on any atom is -0.269 e. The van der Waals surface area contributed by atoms with E-state index in [4.69, 9.17) is 0 Å². The smallest absolute Gasteiger partial charge is 0.137 e. The SMILES string of the molecule is C=C=C=CF.F. The van der Waals surface area contributed by atoms with E-state index in [0.29, 0.717) is 0 Å². The van der Waals surface area contributed by atoms with Crippen LogP contribution in [0.1, 0.15) is 0 Å². The van der Waals surface area contributed by atoms with Crippen molar-refractivity contribution in [1.29, 1.82) is 0 Å². The molecule has 0 aromatic carbocycles. The third-order valence-electron chi connectivity index (χ3n) is 0.157. The van der Waals surface area contributed by atoms with Crippen LogP contribution in [0.25, 0.3) is 0 Å². The van der Waals surface area contributed by atoms with Crippen molar-refractivity contribution >= 4 is 0 Å². The molecule has 0 amide bonds. The lowest BCUT2D eigenvalue weighted by atomic mass is 10.8. The van der Waals surface area contributed by atoms with Crippen molar-refractivity contribution in [1.82, 2.24) is 0 Å². The monoisotopic (exact) mass is 90.0 g/mol. The number of halogens is 2. The molecule has 0 saturated heterocycles. The highest BCUT2D eigenvalue weighted by Gasteiger charge is 1.34. The highest BCUT2D eigenvalue weighted by molar-refractivity contribution is 4.71. The van der Waals surface area contributed by atoms with Crippen LogP contribution in [0, 0.1) is 0 Å². The minimum absolute atomic E-state index is 0. The molecule has 0 fully saturated rings.